The predicted octanol–water partition coefficient (Wildman–Crippen LogP) is 11.9. The molecule has 0 unspecified atom stereocenters. The number of pyridine rings is 1. The Morgan fingerprint density at radius 1 is 0.490 bits per heavy atom. The number of benzene rings is 7. The minimum absolute atomic E-state index is 0.838. The summed E-state index contributed by atoms with van der Waals surface area (Å²) in [5, 5.41) is 6.75. The van der Waals surface area contributed by atoms with Gasteiger partial charge in [-0.3, -0.25) is 9.55 Å². The fraction of sp³-hybridized carbons (Fsp3) is 0. The van der Waals surface area contributed by atoms with Gasteiger partial charge in [-0.05, 0) is 84.2 Å². The van der Waals surface area contributed by atoms with Crippen molar-refractivity contribution in [2.75, 3.05) is 0 Å². The van der Waals surface area contributed by atoms with Crippen LogP contribution < -0.4 is 0 Å². The Bertz CT molecular complexity index is 3120. The van der Waals surface area contributed by atoms with Gasteiger partial charge in [0.25, 0.3) is 0 Å². The second-order valence-corrected chi connectivity index (χ2v) is 13.0. The third-order valence-corrected chi connectivity index (χ3v) is 10.2. The number of hydrogen-bond acceptors (Lipinski definition) is 3. The number of fused-ring (bicyclic) bond motifs is 10. The third-order valence-electron chi connectivity index (χ3n) is 10.2. The number of imidazole rings is 1. The summed E-state index contributed by atoms with van der Waals surface area (Å²) < 4.78 is 11.6. The maximum atomic E-state index is 6.94. The first-order valence-electron chi connectivity index (χ1n) is 17.2. The lowest BCUT2D eigenvalue weighted by atomic mass is 10.00. The van der Waals surface area contributed by atoms with E-state index in [9.17, 15) is 0 Å². The Morgan fingerprint density at radius 2 is 1.22 bits per heavy atom. The van der Waals surface area contributed by atoms with Gasteiger partial charge in [-0.2, -0.15) is 0 Å². The molecule has 0 N–H and O–H groups in total. The van der Waals surface area contributed by atoms with Crippen molar-refractivity contribution in [1.82, 2.24) is 19.1 Å². The molecule has 0 aliphatic heterocycles. The van der Waals surface area contributed by atoms with Gasteiger partial charge in [-0.25, -0.2) is 4.98 Å². The molecule has 0 aliphatic rings. The highest BCUT2D eigenvalue weighted by atomic mass is 16.3. The Balaban J connectivity index is 1.21. The van der Waals surface area contributed by atoms with Gasteiger partial charge in [-0.1, -0.05) is 84.9 Å². The van der Waals surface area contributed by atoms with Crippen LogP contribution in [-0.2, 0) is 0 Å². The molecule has 0 radical (unpaired) electrons. The van der Waals surface area contributed by atoms with Crippen molar-refractivity contribution in [3.8, 4) is 34.0 Å². The molecule has 7 aromatic carbocycles. The van der Waals surface area contributed by atoms with E-state index in [4.69, 9.17) is 14.4 Å². The van der Waals surface area contributed by atoms with Crippen LogP contribution in [0.5, 0.6) is 0 Å². The molecule has 0 bridgehead atoms. The quantitative estimate of drug-likeness (QED) is 0.190. The zero-order valence-electron chi connectivity index (χ0n) is 27.4. The van der Waals surface area contributed by atoms with Crippen LogP contribution in [0.4, 0.5) is 0 Å². The maximum absolute atomic E-state index is 6.94. The van der Waals surface area contributed by atoms with Crippen molar-refractivity contribution in [3.63, 3.8) is 0 Å². The van der Waals surface area contributed by atoms with Crippen LogP contribution in [0, 0.1) is 0 Å². The van der Waals surface area contributed by atoms with E-state index in [0.29, 0.717) is 0 Å². The van der Waals surface area contributed by atoms with E-state index in [1.165, 1.54) is 5.39 Å². The van der Waals surface area contributed by atoms with E-state index in [-0.39, 0.29) is 0 Å². The Kier molecular flexibility index (Phi) is 5.89. The molecule has 11 aromatic rings. The Labute approximate surface area is 292 Å². The number of para-hydroxylation sites is 4. The molecule has 0 saturated heterocycles. The summed E-state index contributed by atoms with van der Waals surface area (Å²) in [5.41, 5.74) is 11.1. The first-order valence-corrected chi connectivity index (χ1v) is 17.2. The molecule has 51 heavy (non-hydrogen) atoms. The van der Waals surface area contributed by atoms with E-state index in [2.05, 4.69) is 149 Å². The van der Waals surface area contributed by atoms with Gasteiger partial charge in [0.2, 0.25) is 0 Å². The summed E-state index contributed by atoms with van der Waals surface area (Å²) in [5.74, 6) is 0.909. The molecule has 0 aliphatic carbocycles. The van der Waals surface area contributed by atoms with E-state index in [0.717, 1.165) is 94.2 Å². The Hall–Kier alpha value is -6.98. The largest absolute Gasteiger partial charge is 0.455 e. The van der Waals surface area contributed by atoms with E-state index in [1.807, 2.05) is 30.5 Å². The zero-order valence-corrected chi connectivity index (χ0v) is 27.4. The van der Waals surface area contributed by atoms with Gasteiger partial charge in [0.15, 0.2) is 0 Å². The zero-order chi connectivity index (χ0) is 33.5. The van der Waals surface area contributed by atoms with Gasteiger partial charge in [0.1, 0.15) is 17.0 Å². The van der Waals surface area contributed by atoms with Crippen LogP contribution in [-0.4, -0.2) is 19.1 Å². The summed E-state index contributed by atoms with van der Waals surface area (Å²) in [4.78, 5) is 9.91. The van der Waals surface area contributed by atoms with Crippen molar-refractivity contribution >= 4 is 65.6 Å². The van der Waals surface area contributed by atoms with Crippen LogP contribution in [0.3, 0.4) is 0 Å². The number of aromatic nitrogens is 4. The van der Waals surface area contributed by atoms with Crippen molar-refractivity contribution in [2.24, 2.45) is 0 Å². The molecule has 4 aromatic heterocycles. The monoisotopic (exact) mass is 652 g/mol. The molecule has 5 heteroatoms. The summed E-state index contributed by atoms with van der Waals surface area (Å²) in [6, 6.07) is 57.4. The topological polar surface area (TPSA) is 48.8 Å². The smallest absolute Gasteiger partial charge is 0.147 e. The van der Waals surface area contributed by atoms with Crippen molar-refractivity contribution < 1.29 is 4.42 Å². The van der Waals surface area contributed by atoms with Crippen molar-refractivity contribution in [2.45, 2.75) is 0 Å². The van der Waals surface area contributed by atoms with Crippen molar-refractivity contribution in [1.29, 1.82) is 0 Å². The normalized spacial score (nSPS) is 11.9. The second-order valence-electron chi connectivity index (χ2n) is 13.0. The fourth-order valence-electron chi connectivity index (χ4n) is 7.92. The predicted molar refractivity (Wildman–Crippen MR) is 209 cm³/mol. The lowest BCUT2D eigenvalue weighted by Crippen LogP contribution is -1.98. The maximum Gasteiger partial charge on any atom is 0.147 e. The lowest BCUT2D eigenvalue weighted by Gasteiger charge is -2.12. The molecule has 0 saturated carbocycles. The second kappa shape index (κ2) is 10.8. The standard InChI is InChI=1S/C46H28N4O/c1-2-13-31(14-3-1)50-41-20-9-7-18-39(41)48-46(50)30-21-24-32(25-22-30)49-40-19-8-6-16-34(40)36-28-37(38-17-10-11-27-47-38)45-42(43(36)49)35-26-23-29-12-4-5-15-33(29)44(35)51-45/h1-28H. The highest BCUT2D eigenvalue weighted by Gasteiger charge is 2.24. The Morgan fingerprint density at radius 3 is 2.06 bits per heavy atom. The molecule has 0 fully saturated rings. The summed E-state index contributed by atoms with van der Waals surface area (Å²) in [7, 11) is 0. The van der Waals surface area contributed by atoms with Gasteiger partial charge < -0.3 is 8.98 Å². The van der Waals surface area contributed by atoms with E-state index >= 15 is 0 Å². The van der Waals surface area contributed by atoms with Crippen LogP contribution in [0.2, 0.25) is 0 Å². The van der Waals surface area contributed by atoms with E-state index < -0.39 is 0 Å². The van der Waals surface area contributed by atoms with Gasteiger partial charge in [0, 0.05) is 50.2 Å². The van der Waals surface area contributed by atoms with Crippen LogP contribution in [0.1, 0.15) is 0 Å². The van der Waals surface area contributed by atoms with Crippen LogP contribution >= 0.6 is 0 Å². The molecular formula is C46H28N4O. The number of nitrogens with zero attached hydrogens (tertiary/aromatic N) is 4. The average Bonchev–Trinajstić information content (AvgIpc) is 3.88. The first-order chi connectivity index (χ1) is 25.3. The van der Waals surface area contributed by atoms with Crippen LogP contribution in [0.15, 0.2) is 174 Å². The molecule has 0 amide bonds. The summed E-state index contributed by atoms with van der Waals surface area (Å²) >= 11 is 0. The third kappa shape index (κ3) is 4.09. The molecule has 0 spiro atoms. The highest BCUT2D eigenvalue weighted by molar-refractivity contribution is 6.29. The number of hydrogen-bond donors (Lipinski definition) is 0. The van der Waals surface area contributed by atoms with Gasteiger partial charge >= 0.3 is 0 Å². The van der Waals surface area contributed by atoms with Crippen molar-refractivity contribution in [3.05, 3.63) is 170 Å². The fourth-order valence-corrected chi connectivity index (χ4v) is 7.92. The minimum atomic E-state index is 0.838. The SMILES string of the molecule is c1ccc(-n2c(-c3ccc(-n4c5ccccc5c5cc(-c6ccccn6)c6oc7c8ccccc8ccc7c6c54)cc3)nc3ccccc32)cc1. The summed E-state index contributed by atoms with van der Waals surface area (Å²) in [6.45, 7) is 0. The molecular weight excluding hydrogens is 625 g/mol. The molecule has 11 rings (SSSR count). The number of furan rings is 1. The average molecular weight is 653 g/mol. The molecule has 5 nitrogen and oxygen atoms in total. The minimum Gasteiger partial charge on any atom is -0.455 e. The lowest BCUT2D eigenvalue weighted by molar-refractivity contribution is 0.674. The van der Waals surface area contributed by atoms with Crippen LogP contribution in [0.25, 0.3) is 99.6 Å². The summed E-state index contributed by atoms with van der Waals surface area (Å²) in [6.07, 6.45) is 1.85. The molecule has 4 heterocycles. The van der Waals surface area contributed by atoms with E-state index in [1.54, 1.807) is 0 Å². The molecule has 238 valence electrons. The first kappa shape index (κ1) is 27.9. The van der Waals surface area contributed by atoms with Gasteiger partial charge in [-0.15, -0.1) is 0 Å². The highest BCUT2D eigenvalue weighted by Crippen LogP contribution is 2.46. The molecule has 0 atom stereocenters. The number of rotatable bonds is 4. The van der Waals surface area contributed by atoms with Gasteiger partial charge in [0.05, 0.1) is 33.1 Å².